The first-order valence-corrected chi connectivity index (χ1v) is 7.42. The minimum Gasteiger partial charge on any atom is -0.399 e. The molecule has 1 aromatic rings. The smallest absolute Gasteiger partial charge is 0.226 e. The summed E-state index contributed by atoms with van der Waals surface area (Å²) in [4.78, 5) is 11.8. The lowest BCUT2D eigenvalue weighted by Crippen LogP contribution is -2.15. The van der Waals surface area contributed by atoms with E-state index in [2.05, 4.69) is 12.2 Å². The highest BCUT2D eigenvalue weighted by Gasteiger charge is 2.10. The summed E-state index contributed by atoms with van der Waals surface area (Å²) in [6.45, 7) is 3.21. The van der Waals surface area contributed by atoms with E-state index in [1.54, 1.807) is 12.1 Å². The minimum absolute atomic E-state index is 0.186. The van der Waals surface area contributed by atoms with Crippen molar-refractivity contribution in [3.05, 3.63) is 22.2 Å². The van der Waals surface area contributed by atoms with Crippen LogP contribution in [0.15, 0.2) is 12.1 Å². The summed E-state index contributed by atoms with van der Waals surface area (Å²) in [5, 5.41) is 3.32. The maximum atomic E-state index is 11.8. The Morgan fingerprint density at radius 2 is 1.90 bits per heavy atom. The standard InChI is InChI=1S/C14H20Cl2N2O2/c1-2-3-4-6-20-7-5-13(19)18-14-11(15)8-10(17)9-12(14)16/h8-9H,2-7,17H2,1H3,(H,18,19). The molecule has 0 saturated heterocycles. The highest BCUT2D eigenvalue weighted by Crippen LogP contribution is 2.32. The number of halogens is 2. The molecule has 20 heavy (non-hydrogen) atoms. The number of unbranched alkanes of at least 4 members (excludes halogenated alkanes) is 2. The summed E-state index contributed by atoms with van der Waals surface area (Å²) in [5.74, 6) is -0.186. The molecule has 1 rings (SSSR count). The summed E-state index contributed by atoms with van der Waals surface area (Å²) in [7, 11) is 0. The van der Waals surface area contributed by atoms with E-state index in [9.17, 15) is 4.79 Å². The van der Waals surface area contributed by atoms with Crippen LogP contribution < -0.4 is 11.1 Å². The Kier molecular flexibility index (Phi) is 7.73. The van der Waals surface area contributed by atoms with Crippen LogP contribution in [0, 0.1) is 0 Å². The number of carbonyl (C=O) groups excluding carboxylic acids is 1. The second-order valence-corrected chi connectivity index (χ2v) is 5.29. The molecule has 1 amide bonds. The van der Waals surface area contributed by atoms with E-state index in [0.29, 0.717) is 34.6 Å². The molecule has 0 aliphatic heterocycles. The average molecular weight is 319 g/mol. The number of nitrogens with two attached hydrogens (primary N) is 1. The van der Waals surface area contributed by atoms with Gasteiger partial charge in [-0.2, -0.15) is 0 Å². The number of anilines is 2. The summed E-state index contributed by atoms with van der Waals surface area (Å²) in [6, 6.07) is 3.09. The van der Waals surface area contributed by atoms with Crippen LogP contribution in [0.3, 0.4) is 0 Å². The van der Waals surface area contributed by atoms with Crippen molar-refractivity contribution in [1.29, 1.82) is 0 Å². The van der Waals surface area contributed by atoms with Gasteiger partial charge in [0.2, 0.25) is 5.91 Å². The zero-order valence-electron chi connectivity index (χ0n) is 11.5. The molecule has 4 nitrogen and oxygen atoms in total. The number of hydrogen-bond acceptors (Lipinski definition) is 3. The first kappa shape index (κ1) is 17.1. The van der Waals surface area contributed by atoms with Crippen LogP contribution in [0.4, 0.5) is 11.4 Å². The number of nitrogen functional groups attached to an aromatic ring is 1. The summed E-state index contributed by atoms with van der Waals surface area (Å²) in [6.07, 6.45) is 3.58. The molecule has 3 N–H and O–H groups in total. The number of benzene rings is 1. The first-order chi connectivity index (χ1) is 9.54. The van der Waals surface area contributed by atoms with Crippen LogP contribution in [-0.2, 0) is 9.53 Å². The van der Waals surface area contributed by atoms with Gasteiger partial charge in [0.1, 0.15) is 0 Å². The summed E-state index contributed by atoms with van der Waals surface area (Å²) < 4.78 is 5.38. The van der Waals surface area contributed by atoms with Crippen molar-refractivity contribution in [2.75, 3.05) is 24.3 Å². The van der Waals surface area contributed by atoms with Crippen LogP contribution in [0.25, 0.3) is 0 Å². The molecule has 0 bridgehead atoms. The third-order valence-corrected chi connectivity index (χ3v) is 3.29. The zero-order chi connectivity index (χ0) is 15.0. The lowest BCUT2D eigenvalue weighted by molar-refractivity contribution is -0.117. The third-order valence-electron chi connectivity index (χ3n) is 2.69. The summed E-state index contributed by atoms with van der Waals surface area (Å²) >= 11 is 12.0. The van der Waals surface area contributed by atoms with E-state index in [1.165, 1.54) is 0 Å². The first-order valence-electron chi connectivity index (χ1n) is 6.66. The fourth-order valence-corrected chi connectivity index (χ4v) is 2.23. The van der Waals surface area contributed by atoms with Crippen molar-refractivity contribution in [1.82, 2.24) is 0 Å². The van der Waals surface area contributed by atoms with Crippen LogP contribution in [-0.4, -0.2) is 19.1 Å². The van der Waals surface area contributed by atoms with Gasteiger partial charge in [0, 0.05) is 12.3 Å². The highest BCUT2D eigenvalue weighted by atomic mass is 35.5. The lowest BCUT2D eigenvalue weighted by Gasteiger charge is -2.10. The van der Waals surface area contributed by atoms with E-state index >= 15 is 0 Å². The Morgan fingerprint density at radius 1 is 1.25 bits per heavy atom. The molecule has 1 aromatic carbocycles. The quantitative estimate of drug-likeness (QED) is 0.560. The molecule has 6 heteroatoms. The molecule has 0 aromatic heterocycles. The molecule has 0 spiro atoms. The van der Waals surface area contributed by atoms with Gasteiger partial charge in [-0.25, -0.2) is 0 Å². The zero-order valence-corrected chi connectivity index (χ0v) is 13.1. The Bertz CT molecular complexity index is 430. The molecule has 0 aliphatic rings. The fourth-order valence-electron chi connectivity index (χ4n) is 1.64. The largest absolute Gasteiger partial charge is 0.399 e. The SMILES string of the molecule is CCCCCOCCC(=O)Nc1c(Cl)cc(N)cc1Cl. The van der Waals surface area contributed by atoms with Gasteiger partial charge in [-0.15, -0.1) is 0 Å². The Balaban J connectivity index is 2.36. The van der Waals surface area contributed by atoms with E-state index in [4.69, 9.17) is 33.7 Å². The van der Waals surface area contributed by atoms with Gasteiger partial charge in [-0.1, -0.05) is 43.0 Å². The molecule has 0 heterocycles. The van der Waals surface area contributed by atoms with Gasteiger partial charge in [-0.3, -0.25) is 4.79 Å². The second-order valence-electron chi connectivity index (χ2n) is 4.48. The van der Waals surface area contributed by atoms with Crippen molar-refractivity contribution in [2.45, 2.75) is 32.6 Å². The topological polar surface area (TPSA) is 64.3 Å². The molecule has 0 radical (unpaired) electrons. The molecule has 0 aliphatic carbocycles. The number of amides is 1. The fraction of sp³-hybridized carbons (Fsp3) is 0.500. The Morgan fingerprint density at radius 3 is 2.50 bits per heavy atom. The molecule has 0 unspecified atom stereocenters. The van der Waals surface area contributed by atoms with Crippen molar-refractivity contribution in [3.8, 4) is 0 Å². The van der Waals surface area contributed by atoms with Crippen LogP contribution in [0.5, 0.6) is 0 Å². The molecular weight excluding hydrogens is 299 g/mol. The van der Waals surface area contributed by atoms with Gasteiger partial charge in [0.05, 0.1) is 28.8 Å². The number of carbonyl (C=O) groups is 1. The molecule has 0 saturated carbocycles. The maximum Gasteiger partial charge on any atom is 0.226 e. The summed E-state index contributed by atoms with van der Waals surface area (Å²) in [5.41, 5.74) is 6.44. The van der Waals surface area contributed by atoms with E-state index in [1.807, 2.05) is 0 Å². The predicted octanol–water partition coefficient (Wildman–Crippen LogP) is 4.11. The van der Waals surface area contributed by atoms with Crippen molar-refractivity contribution < 1.29 is 9.53 Å². The molecular formula is C14H20Cl2N2O2. The van der Waals surface area contributed by atoms with Gasteiger partial charge in [0.25, 0.3) is 0 Å². The van der Waals surface area contributed by atoms with Gasteiger partial charge >= 0.3 is 0 Å². The maximum absolute atomic E-state index is 11.8. The van der Waals surface area contributed by atoms with Crippen LogP contribution in [0.1, 0.15) is 32.6 Å². The number of rotatable bonds is 8. The van der Waals surface area contributed by atoms with Crippen molar-refractivity contribution >= 4 is 40.5 Å². The van der Waals surface area contributed by atoms with E-state index in [0.717, 1.165) is 19.3 Å². The average Bonchev–Trinajstić information content (AvgIpc) is 2.38. The second kappa shape index (κ2) is 9.06. The van der Waals surface area contributed by atoms with E-state index in [-0.39, 0.29) is 12.3 Å². The van der Waals surface area contributed by atoms with Gasteiger partial charge in [0.15, 0.2) is 0 Å². The number of ether oxygens (including phenoxy) is 1. The normalized spacial score (nSPS) is 10.6. The molecule has 112 valence electrons. The Labute approximate surface area is 129 Å². The van der Waals surface area contributed by atoms with Crippen LogP contribution >= 0.6 is 23.2 Å². The van der Waals surface area contributed by atoms with Crippen molar-refractivity contribution in [3.63, 3.8) is 0 Å². The predicted molar refractivity (Wildman–Crippen MR) is 84.5 cm³/mol. The van der Waals surface area contributed by atoms with Crippen molar-refractivity contribution in [2.24, 2.45) is 0 Å². The van der Waals surface area contributed by atoms with Gasteiger partial charge < -0.3 is 15.8 Å². The lowest BCUT2D eigenvalue weighted by atomic mass is 10.2. The number of nitrogens with one attached hydrogen (secondary N) is 1. The third kappa shape index (κ3) is 5.99. The minimum atomic E-state index is -0.186. The van der Waals surface area contributed by atoms with Crippen LogP contribution in [0.2, 0.25) is 10.0 Å². The molecule has 0 fully saturated rings. The highest BCUT2D eigenvalue weighted by molar-refractivity contribution is 6.40. The van der Waals surface area contributed by atoms with Gasteiger partial charge in [-0.05, 0) is 18.6 Å². The number of hydrogen-bond donors (Lipinski definition) is 2. The molecule has 0 atom stereocenters. The monoisotopic (exact) mass is 318 g/mol. The Hall–Kier alpha value is -0.970. The van der Waals surface area contributed by atoms with E-state index < -0.39 is 0 Å².